The quantitative estimate of drug-likeness (QED) is 0.149. The molecule has 9 heteroatoms. The summed E-state index contributed by atoms with van der Waals surface area (Å²) in [6.07, 6.45) is 1.59. The van der Waals surface area contributed by atoms with Crippen molar-refractivity contribution in [2.75, 3.05) is 23.5 Å². The van der Waals surface area contributed by atoms with Gasteiger partial charge in [0.1, 0.15) is 11.4 Å². The molecule has 0 radical (unpaired) electrons. The van der Waals surface area contributed by atoms with Gasteiger partial charge in [0.25, 0.3) is 11.8 Å². The molecule has 40 heavy (non-hydrogen) atoms. The first-order valence-corrected chi connectivity index (χ1v) is 13.6. The third kappa shape index (κ3) is 8.49. The van der Waals surface area contributed by atoms with Crippen LogP contribution in [0.15, 0.2) is 114 Å². The lowest BCUT2D eigenvalue weighted by Crippen LogP contribution is -2.30. The second kappa shape index (κ2) is 14.0. The van der Waals surface area contributed by atoms with Gasteiger partial charge in [-0.1, -0.05) is 48.0 Å². The van der Waals surface area contributed by atoms with Gasteiger partial charge in [-0.25, -0.2) is 0 Å². The van der Waals surface area contributed by atoms with Crippen molar-refractivity contribution in [3.8, 4) is 5.75 Å². The number of amides is 3. The minimum atomic E-state index is -0.497. The number of halogens is 1. The fraction of sp³-hybridized carbons (Fsp3) is 0.0645. The van der Waals surface area contributed by atoms with Crippen molar-refractivity contribution < 1.29 is 19.1 Å². The van der Waals surface area contributed by atoms with Crippen molar-refractivity contribution in [3.63, 3.8) is 0 Å². The number of carbonyl (C=O) groups excluding carboxylic acids is 3. The number of ether oxygens (including phenoxy) is 1. The van der Waals surface area contributed by atoms with Crippen LogP contribution >= 0.6 is 23.4 Å². The van der Waals surface area contributed by atoms with Crippen molar-refractivity contribution in [2.24, 2.45) is 0 Å². The van der Waals surface area contributed by atoms with Crippen LogP contribution in [-0.2, 0) is 9.59 Å². The maximum Gasteiger partial charge on any atom is 0.272 e. The SMILES string of the molecule is COc1ccc(/C=C(/NC(=O)c2ccccc2)C(=O)Nc2cccc(SCC(=O)Nc3ccc(Cl)cc3)c2)cc1. The molecule has 0 saturated carbocycles. The number of methoxy groups -OCH3 is 1. The van der Waals surface area contributed by atoms with Gasteiger partial charge in [0.05, 0.1) is 12.9 Å². The number of hydrogen-bond acceptors (Lipinski definition) is 5. The zero-order valence-electron chi connectivity index (χ0n) is 21.5. The van der Waals surface area contributed by atoms with Crippen LogP contribution in [0, 0.1) is 0 Å². The molecule has 4 rings (SSSR count). The number of nitrogens with one attached hydrogen (secondary N) is 3. The Kier molecular flexibility index (Phi) is 9.99. The predicted octanol–water partition coefficient (Wildman–Crippen LogP) is 6.49. The number of rotatable bonds is 10. The number of carbonyl (C=O) groups is 3. The van der Waals surface area contributed by atoms with Gasteiger partial charge in [0.2, 0.25) is 5.91 Å². The minimum absolute atomic E-state index is 0.0689. The average Bonchev–Trinajstić information content (AvgIpc) is 2.98. The molecule has 4 aromatic rings. The number of thioether (sulfide) groups is 1. The van der Waals surface area contributed by atoms with Crippen molar-refractivity contribution in [1.82, 2.24) is 5.32 Å². The molecular weight excluding hydrogens is 546 g/mol. The van der Waals surface area contributed by atoms with Crippen LogP contribution < -0.4 is 20.7 Å². The topological polar surface area (TPSA) is 96.5 Å². The first-order valence-electron chi connectivity index (χ1n) is 12.2. The molecule has 0 aliphatic rings. The van der Waals surface area contributed by atoms with Gasteiger partial charge in [0.15, 0.2) is 0 Å². The van der Waals surface area contributed by atoms with Gasteiger partial charge >= 0.3 is 0 Å². The summed E-state index contributed by atoms with van der Waals surface area (Å²) in [7, 11) is 1.57. The highest BCUT2D eigenvalue weighted by molar-refractivity contribution is 8.00. The molecule has 7 nitrogen and oxygen atoms in total. The van der Waals surface area contributed by atoms with Crippen molar-refractivity contribution in [3.05, 3.63) is 125 Å². The van der Waals surface area contributed by atoms with Gasteiger partial charge in [0, 0.05) is 26.9 Å². The summed E-state index contributed by atoms with van der Waals surface area (Å²) >= 11 is 7.22. The van der Waals surface area contributed by atoms with Crippen molar-refractivity contribution in [1.29, 1.82) is 0 Å². The van der Waals surface area contributed by atoms with Gasteiger partial charge in [-0.3, -0.25) is 14.4 Å². The third-order valence-electron chi connectivity index (χ3n) is 5.55. The normalized spacial score (nSPS) is 10.9. The molecule has 0 bridgehead atoms. The Hall–Kier alpha value is -4.53. The van der Waals surface area contributed by atoms with E-state index in [0.717, 1.165) is 4.90 Å². The summed E-state index contributed by atoms with van der Waals surface area (Å²) in [4.78, 5) is 39.3. The van der Waals surface area contributed by atoms with E-state index in [1.54, 1.807) is 104 Å². The molecule has 0 atom stereocenters. The first-order chi connectivity index (χ1) is 19.4. The molecule has 0 aromatic heterocycles. The maximum atomic E-state index is 13.3. The lowest BCUT2D eigenvalue weighted by Gasteiger charge is -2.12. The predicted molar refractivity (Wildman–Crippen MR) is 161 cm³/mol. The third-order valence-corrected chi connectivity index (χ3v) is 6.79. The molecule has 0 spiro atoms. The highest BCUT2D eigenvalue weighted by Gasteiger charge is 2.15. The Morgan fingerprint density at radius 3 is 2.25 bits per heavy atom. The lowest BCUT2D eigenvalue weighted by atomic mass is 10.1. The Labute approximate surface area is 241 Å². The fourth-order valence-corrected chi connectivity index (χ4v) is 4.43. The maximum absolute atomic E-state index is 13.3. The molecule has 0 heterocycles. The Morgan fingerprint density at radius 1 is 0.825 bits per heavy atom. The van der Waals surface area contributed by atoms with Gasteiger partial charge in [-0.2, -0.15) is 0 Å². The van der Waals surface area contributed by atoms with Crippen molar-refractivity contribution >= 4 is 58.5 Å². The molecule has 0 unspecified atom stereocenters. The highest BCUT2D eigenvalue weighted by Crippen LogP contribution is 2.23. The molecule has 3 amide bonds. The Morgan fingerprint density at radius 2 is 1.55 bits per heavy atom. The van der Waals surface area contributed by atoms with Crippen LogP contribution in [-0.4, -0.2) is 30.6 Å². The highest BCUT2D eigenvalue weighted by atomic mass is 35.5. The summed E-state index contributed by atoms with van der Waals surface area (Å²) in [6, 6.07) is 29.8. The van der Waals surface area contributed by atoms with Crippen LogP contribution in [0.25, 0.3) is 6.08 Å². The van der Waals surface area contributed by atoms with E-state index >= 15 is 0 Å². The zero-order chi connectivity index (χ0) is 28.3. The minimum Gasteiger partial charge on any atom is -0.497 e. The van der Waals surface area contributed by atoms with Crippen LogP contribution in [0.1, 0.15) is 15.9 Å². The van der Waals surface area contributed by atoms with Gasteiger partial charge in [-0.15, -0.1) is 11.8 Å². The van der Waals surface area contributed by atoms with E-state index in [4.69, 9.17) is 16.3 Å². The lowest BCUT2D eigenvalue weighted by molar-refractivity contribution is -0.114. The van der Waals surface area contributed by atoms with E-state index in [1.807, 2.05) is 12.1 Å². The number of benzene rings is 4. The second-order valence-electron chi connectivity index (χ2n) is 8.48. The van der Waals surface area contributed by atoms with Crippen LogP contribution in [0.5, 0.6) is 5.75 Å². The Balaban J connectivity index is 1.45. The van der Waals surface area contributed by atoms with Crippen LogP contribution in [0.3, 0.4) is 0 Å². The summed E-state index contributed by atoms with van der Waals surface area (Å²) in [5.74, 6) is -0.229. The van der Waals surface area contributed by atoms with E-state index in [-0.39, 0.29) is 17.4 Å². The number of hydrogen-bond donors (Lipinski definition) is 3. The van der Waals surface area contributed by atoms with Gasteiger partial charge in [-0.05, 0) is 78.4 Å². The van der Waals surface area contributed by atoms with Crippen LogP contribution in [0.4, 0.5) is 11.4 Å². The summed E-state index contributed by atoms with van der Waals surface area (Å²) in [5.41, 5.74) is 2.37. The zero-order valence-corrected chi connectivity index (χ0v) is 23.1. The standard InChI is InChI=1S/C31H26ClN3O4S/c1-39-26-16-10-21(11-17-26)18-28(35-30(37)22-6-3-2-4-7-22)31(38)34-25-8-5-9-27(19-25)40-20-29(36)33-24-14-12-23(32)13-15-24/h2-19H,20H2,1H3,(H,33,36)(H,34,38)(H,35,37)/b28-18+. The molecular formula is C31H26ClN3O4S. The summed E-state index contributed by atoms with van der Waals surface area (Å²) in [5, 5.41) is 8.98. The molecule has 0 aliphatic heterocycles. The summed E-state index contributed by atoms with van der Waals surface area (Å²) < 4.78 is 5.20. The van der Waals surface area contributed by atoms with E-state index < -0.39 is 11.8 Å². The molecule has 0 saturated heterocycles. The largest absolute Gasteiger partial charge is 0.497 e. The smallest absolute Gasteiger partial charge is 0.272 e. The van der Waals surface area contributed by atoms with E-state index in [9.17, 15) is 14.4 Å². The molecule has 202 valence electrons. The van der Waals surface area contributed by atoms with E-state index in [2.05, 4.69) is 16.0 Å². The summed E-state index contributed by atoms with van der Waals surface area (Å²) in [6.45, 7) is 0. The molecule has 0 aliphatic carbocycles. The molecule has 3 N–H and O–H groups in total. The van der Waals surface area contributed by atoms with Gasteiger partial charge < -0.3 is 20.7 Å². The Bertz CT molecular complexity index is 1510. The first kappa shape index (κ1) is 28.5. The monoisotopic (exact) mass is 571 g/mol. The van der Waals surface area contributed by atoms with Crippen molar-refractivity contribution in [2.45, 2.75) is 4.90 Å². The molecule has 0 fully saturated rings. The number of anilines is 2. The average molecular weight is 572 g/mol. The van der Waals surface area contributed by atoms with Crippen LogP contribution in [0.2, 0.25) is 5.02 Å². The van der Waals surface area contributed by atoms with E-state index in [1.165, 1.54) is 11.8 Å². The fourth-order valence-electron chi connectivity index (χ4n) is 3.55. The van der Waals surface area contributed by atoms with E-state index in [0.29, 0.717) is 33.3 Å². The molecule has 4 aromatic carbocycles. The second-order valence-corrected chi connectivity index (χ2v) is 9.96.